The lowest BCUT2D eigenvalue weighted by molar-refractivity contribution is -0.141. The summed E-state index contributed by atoms with van der Waals surface area (Å²) in [5.41, 5.74) is 1.11. The van der Waals surface area contributed by atoms with Crippen LogP contribution in [0.25, 0.3) is 0 Å². The van der Waals surface area contributed by atoms with Crippen LogP contribution in [0, 0.1) is 5.92 Å². The normalized spacial score (nSPS) is 12.6. The third-order valence-electron chi connectivity index (χ3n) is 2.88. The van der Waals surface area contributed by atoms with Crippen molar-refractivity contribution < 1.29 is 14.6 Å². The highest BCUT2D eigenvalue weighted by atomic mass is 35.5. The molecule has 5 heteroatoms. The van der Waals surface area contributed by atoms with E-state index in [9.17, 15) is 4.79 Å². The van der Waals surface area contributed by atoms with Crippen molar-refractivity contribution in [1.29, 1.82) is 0 Å². The molecule has 0 aliphatic carbocycles. The molecule has 0 spiro atoms. The first-order valence-corrected chi connectivity index (χ1v) is 6.59. The summed E-state index contributed by atoms with van der Waals surface area (Å²) in [6.45, 7) is 4.19. The second kappa shape index (κ2) is 8.15. The fraction of sp³-hybridized carbons (Fsp3) is 0.500. The average Bonchev–Trinajstić information content (AvgIpc) is 2.38. The number of ether oxygens (including phenoxy) is 1. The SMILES string of the molecule is COCCN(Cc1ccc(Cl)cc1)CC(C)C(=O)O. The van der Waals surface area contributed by atoms with Gasteiger partial charge in [0.05, 0.1) is 12.5 Å². The Labute approximate surface area is 118 Å². The summed E-state index contributed by atoms with van der Waals surface area (Å²) in [6.07, 6.45) is 0. The fourth-order valence-electron chi connectivity index (χ4n) is 1.77. The van der Waals surface area contributed by atoms with Crippen molar-refractivity contribution in [2.24, 2.45) is 5.92 Å². The van der Waals surface area contributed by atoms with Crippen molar-refractivity contribution in [2.75, 3.05) is 26.8 Å². The van der Waals surface area contributed by atoms with Crippen LogP contribution in [-0.4, -0.2) is 42.8 Å². The van der Waals surface area contributed by atoms with E-state index in [1.165, 1.54) is 0 Å². The summed E-state index contributed by atoms with van der Waals surface area (Å²) < 4.78 is 5.06. The lowest BCUT2D eigenvalue weighted by atomic mass is 10.1. The highest BCUT2D eigenvalue weighted by Gasteiger charge is 2.16. The Morgan fingerprint density at radius 3 is 2.58 bits per heavy atom. The van der Waals surface area contributed by atoms with Crippen molar-refractivity contribution in [3.63, 3.8) is 0 Å². The van der Waals surface area contributed by atoms with Gasteiger partial charge in [0.25, 0.3) is 0 Å². The zero-order valence-corrected chi connectivity index (χ0v) is 12.1. The molecule has 19 heavy (non-hydrogen) atoms. The topological polar surface area (TPSA) is 49.8 Å². The molecule has 4 nitrogen and oxygen atoms in total. The molecule has 1 aromatic carbocycles. The third kappa shape index (κ3) is 6.05. The molecule has 0 bridgehead atoms. The van der Waals surface area contributed by atoms with Gasteiger partial charge in [-0.3, -0.25) is 9.69 Å². The van der Waals surface area contributed by atoms with Crippen LogP contribution in [-0.2, 0) is 16.1 Å². The van der Waals surface area contributed by atoms with Crippen LogP contribution in [0.3, 0.4) is 0 Å². The molecule has 1 N–H and O–H groups in total. The molecule has 1 unspecified atom stereocenters. The maximum atomic E-state index is 10.9. The molecule has 0 heterocycles. The zero-order chi connectivity index (χ0) is 14.3. The van der Waals surface area contributed by atoms with E-state index in [1.807, 2.05) is 24.3 Å². The first-order valence-electron chi connectivity index (χ1n) is 6.21. The van der Waals surface area contributed by atoms with Crippen LogP contribution in [0.1, 0.15) is 12.5 Å². The number of rotatable bonds is 8. The number of hydrogen-bond donors (Lipinski definition) is 1. The summed E-state index contributed by atoms with van der Waals surface area (Å²) in [5.74, 6) is -1.18. The number of aliphatic carboxylic acids is 1. The number of benzene rings is 1. The molecular weight excluding hydrogens is 266 g/mol. The van der Waals surface area contributed by atoms with Gasteiger partial charge in [0.1, 0.15) is 0 Å². The van der Waals surface area contributed by atoms with Gasteiger partial charge >= 0.3 is 5.97 Å². The molecule has 0 fully saturated rings. The first kappa shape index (κ1) is 16.0. The van der Waals surface area contributed by atoms with Crippen LogP contribution in [0.5, 0.6) is 0 Å². The molecule has 0 saturated carbocycles. The second-order valence-electron chi connectivity index (χ2n) is 4.59. The maximum Gasteiger partial charge on any atom is 0.307 e. The lowest BCUT2D eigenvalue weighted by Gasteiger charge is -2.24. The monoisotopic (exact) mass is 285 g/mol. The van der Waals surface area contributed by atoms with E-state index in [4.69, 9.17) is 21.4 Å². The molecule has 0 aromatic heterocycles. The van der Waals surface area contributed by atoms with Gasteiger partial charge < -0.3 is 9.84 Å². The predicted molar refractivity (Wildman–Crippen MR) is 75.4 cm³/mol. The summed E-state index contributed by atoms with van der Waals surface area (Å²) in [7, 11) is 1.64. The summed E-state index contributed by atoms with van der Waals surface area (Å²) in [5, 5.41) is 9.68. The molecule has 0 radical (unpaired) electrons. The Morgan fingerprint density at radius 2 is 2.05 bits per heavy atom. The largest absolute Gasteiger partial charge is 0.481 e. The van der Waals surface area contributed by atoms with Crippen LogP contribution in [0.15, 0.2) is 24.3 Å². The second-order valence-corrected chi connectivity index (χ2v) is 5.03. The van der Waals surface area contributed by atoms with E-state index in [0.717, 1.165) is 5.56 Å². The van der Waals surface area contributed by atoms with Crippen LogP contribution in [0.4, 0.5) is 0 Å². The summed E-state index contributed by atoms with van der Waals surface area (Å²) in [6, 6.07) is 7.58. The number of methoxy groups -OCH3 is 1. The molecule has 1 atom stereocenters. The van der Waals surface area contributed by atoms with E-state index in [2.05, 4.69) is 4.90 Å². The first-order chi connectivity index (χ1) is 9.02. The number of carboxylic acids is 1. The lowest BCUT2D eigenvalue weighted by Crippen LogP contribution is -2.33. The van der Waals surface area contributed by atoms with Crippen LogP contribution < -0.4 is 0 Å². The highest BCUT2D eigenvalue weighted by Crippen LogP contribution is 2.12. The van der Waals surface area contributed by atoms with Crippen molar-refractivity contribution in [3.05, 3.63) is 34.9 Å². The van der Waals surface area contributed by atoms with Crippen molar-refractivity contribution >= 4 is 17.6 Å². The number of nitrogens with zero attached hydrogens (tertiary/aromatic N) is 1. The van der Waals surface area contributed by atoms with E-state index in [0.29, 0.717) is 31.3 Å². The minimum Gasteiger partial charge on any atom is -0.481 e. The molecule has 0 aliphatic rings. The smallest absolute Gasteiger partial charge is 0.307 e. The van der Waals surface area contributed by atoms with Crippen molar-refractivity contribution in [1.82, 2.24) is 4.90 Å². The molecule has 0 aliphatic heterocycles. The van der Waals surface area contributed by atoms with Crippen LogP contribution in [0.2, 0.25) is 5.02 Å². The fourth-order valence-corrected chi connectivity index (χ4v) is 1.89. The molecule has 1 aromatic rings. The Kier molecular flexibility index (Phi) is 6.84. The molecule has 1 rings (SSSR count). The minimum absolute atomic E-state index is 0.399. The number of hydrogen-bond acceptors (Lipinski definition) is 3. The maximum absolute atomic E-state index is 10.9. The van der Waals surface area contributed by atoms with E-state index in [1.54, 1.807) is 14.0 Å². The Balaban J connectivity index is 2.62. The minimum atomic E-state index is -0.779. The van der Waals surface area contributed by atoms with E-state index < -0.39 is 11.9 Å². The van der Waals surface area contributed by atoms with E-state index >= 15 is 0 Å². The Hall–Kier alpha value is -1.10. The third-order valence-corrected chi connectivity index (χ3v) is 3.14. The quantitative estimate of drug-likeness (QED) is 0.797. The van der Waals surface area contributed by atoms with Gasteiger partial charge in [-0.1, -0.05) is 30.7 Å². The molecular formula is C14H20ClNO3. The van der Waals surface area contributed by atoms with Gasteiger partial charge in [-0.15, -0.1) is 0 Å². The standard InChI is InChI=1S/C14H20ClNO3/c1-11(14(17)18)9-16(7-8-19-2)10-12-3-5-13(15)6-4-12/h3-6,11H,7-10H2,1-2H3,(H,17,18). The molecule has 106 valence electrons. The van der Waals surface area contributed by atoms with Gasteiger partial charge in [-0.05, 0) is 17.7 Å². The van der Waals surface area contributed by atoms with Gasteiger partial charge in [0.15, 0.2) is 0 Å². The molecule has 0 saturated heterocycles. The average molecular weight is 286 g/mol. The highest BCUT2D eigenvalue weighted by molar-refractivity contribution is 6.30. The van der Waals surface area contributed by atoms with Gasteiger partial charge in [0.2, 0.25) is 0 Å². The Morgan fingerprint density at radius 1 is 1.42 bits per heavy atom. The Bertz CT molecular complexity index is 394. The summed E-state index contributed by atoms with van der Waals surface area (Å²) >= 11 is 5.85. The van der Waals surface area contributed by atoms with Gasteiger partial charge in [-0.25, -0.2) is 0 Å². The van der Waals surface area contributed by atoms with Gasteiger partial charge in [-0.2, -0.15) is 0 Å². The molecule has 0 amide bonds. The number of carboxylic acid groups (broad SMARTS) is 1. The van der Waals surface area contributed by atoms with E-state index in [-0.39, 0.29) is 0 Å². The number of carbonyl (C=O) groups is 1. The predicted octanol–water partition coefficient (Wildman–Crippen LogP) is 2.51. The van der Waals surface area contributed by atoms with Crippen LogP contribution >= 0.6 is 11.6 Å². The van der Waals surface area contributed by atoms with Crippen molar-refractivity contribution in [2.45, 2.75) is 13.5 Å². The van der Waals surface area contributed by atoms with Crippen molar-refractivity contribution in [3.8, 4) is 0 Å². The summed E-state index contributed by atoms with van der Waals surface area (Å²) in [4.78, 5) is 13.0. The number of halogens is 1. The zero-order valence-electron chi connectivity index (χ0n) is 11.3. The van der Waals surface area contributed by atoms with Gasteiger partial charge in [0, 0.05) is 31.8 Å².